The summed E-state index contributed by atoms with van der Waals surface area (Å²) in [5.74, 6) is -1.90. The summed E-state index contributed by atoms with van der Waals surface area (Å²) in [5, 5.41) is 0. The van der Waals surface area contributed by atoms with E-state index in [-0.39, 0.29) is 29.8 Å². The van der Waals surface area contributed by atoms with Crippen LogP contribution in [0.3, 0.4) is 0 Å². The fourth-order valence-electron chi connectivity index (χ4n) is 1.97. The molecule has 5 heteroatoms. The molecule has 0 amide bonds. The number of carbonyl (C=O) groups excluding carboxylic acids is 1. The van der Waals surface area contributed by atoms with Gasteiger partial charge in [-0.3, -0.25) is 4.79 Å². The third kappa shape index (κ3) is 2.15. The SMILES string of the molecule is NCCC(=O)c1c(F)cc(F)c2c1OCCC2. The molecule has 0 unspecified atom stereocenters. The first kappa shape index (κ1) is 12.0. The number of nitrogens with two attached hydrogens (primary N) is 1. The maximum Gasteiger partial charge on any atom is 0.170 e. The monoisotopic (exact) mass is 241 g/mol. The number of hydrogen-bond acceptors (Lipinski definition) is 3. The lowest BCUT2D eigenvalue weighted by Crippen LogP contribution is -2.18. The molecule has 1 heterocycles. The number of hydrogen-bond donors (Lipinski definition) is 1. The number of rotatable bonds is 3. The van der Waals surface area contributed by atoms with Crippen molar-refractivity contribution in [3.8, 4) is 5.75 Å². The molecule has 0 atom stereocenters. The molecule has 1 aromatic carbocycles. The molecule has 0 fully saturated rings. The lowest BCUT2D eigenvalue weighted by molar-refractivity contribution is 0.0975. The third-order valence-electron chi connectivity index (χ3n) is 2.75. The lowest BCUT2D eigenvalue weighted by atomic mass is 9.97. The van der Waals surface area contributed by atoms with Gasteiger partial charge in [0, 0.05) is 18.1 Å². The third-order valence-corrected chi connectivity index (χ3v) is 2.75. The summed E-state index contributed by atoms with van der Waals surface area (Å²) in [6.07, 6.45) is 1.16. The summed E-state index contributed by atoms with van der Waals surface area (Å²) in [6, 6.07) is 0.747. The van der Waals surface area contributed by atoms with Crippen molar-refractivity contribution in [1.29, 1.82) is 0 Å². The van der Waals surface area contributed by atoms with Crippen molar-refractivity contribution in [1.82, 2.24) is 0 Å². The number of fused-ring (bicyclic) bond motifs is 1. The first-order chi connectivity index (χ1) is 8.15. The number of halogens is 2. The van der Waals surface area contributed by atoms with Crippen LogP contribution in [0.1, 0.15) is 28.8 Å². The zero-order valence-electron chi connectivity index (χ0n) is 9.26. The average molecular weight is 241 g/mol. The Morgan fingerprint density at radius 1 is 1.41 bits per heavy atom. The molecule has 0 bridgehead atoms. The van der Waals surface area contributed by atoms with Crippen LogP contribution >= 0.6 is 0 Å². The predicted molar refractivity (Wildman–Crippen MR) is 58.2 cm³/mol. The lowest BCUT2D eigenvalue weighted by Gasteiger charge is -2.20. The van der Waals surface area contributed by atoms with Gasteiger partial charge in [-0.25, -0.2) is 8.78 Å². The van der Waals surface area contributed by atoms with Crippen molar-refractivity contribution < 1.29 is 18.3 Å². The van der Waals surface area contributed by atoms with E-state index < -0.39 is 17.4 Å². The molecule has 0 saturated heterocycles. The molecule has 0 saturated carbocycles. The molecule has 0 spiro atoms. The molecule has 92 valence electrons. The van der Waals surface area contributed by atoms with Crippen molar-refractivity contribution in [2.45, 2.75) is 19.3 Å². The number of ketones is 1. The van der Waals surface area contributed by atoms with Crippen molar-refractivity contribution in [2.24, 2.45) is 5.73 Å². The van der Waals surface area contributed by atoms with Crippen LogP contribution in [0.2, 0.25) is 0 Å². The molecule has 2 N–H and O–H groups in total. The fourth-order valence-corrected chi connectivity index (χ4v) is 1.97. The second-order valence-electron chi connectivity index (χ2n) is 3.94. The standard InChI is InChI=1S/C12H13F2NO2/c13-8-6-9(14)11(10(16)3-4-15)12-7(8)2-1-5-17-12/h6H,1-5,15H2. The van der Waals surface area contributed by atoms with Crippen molar-refractivity contribution in [3.05, 3.63) is 28.8 Å². The average Bonchev–Trinajstić information content (AvgIpc) is 2.29. The van der Waals surface area contributed by atoms with Crippen LogP contribution in [-0.2, 0) is 6.42 Å². The molecule has 1 aliphatic heterocycles. The fraction of sp³-hybridized carbons (Fsp3) is 0.417. The van der Waals surface area contributed by atoms with Crippen molar-refractivity contribution >= 4 is 5.78 Å². The molecule has 0 aliphatic carbocycles. The molecule has 3 nitrogen and oxygen atoms in total. The van der Waals surface area contributed by atoms with E-state index in [1.54, 1.807) is 0 Å². The molecule has 0 aromatic heterocycles. The Hall–Kier alpha value is -1.49. The second-order valence-corrected chi connectivity index (χ2v) is 3.94. The van der Waals surface area contributed by atoms with Gasteiger partial charge in [-0.1, -0.05) is 0 Å². The molecule has 0 radical (unpaired) electrons. The van der Waals surface area contributed by atoms with E-state index in [2.05, 4.69) is 0 Å². The number of Topliss-reactive ketones (excluding diaryl/α,β-unsaturated/α-hetero) is 1. The topological polar surface area (TPSA) is 52.3 Å². The highest BCUT2D eigenvalue weighted by molar-refractivity contribution is 5.99. The smallest absolute Gasteiger partial charge is 0.170 e. The van der Waals surface area contributed by atoms with E-state index in [4.69, 9.17) is 10.5 Å². The maximum absolute atomic E-state index is 13.6. The Morgan fingerprint density at radius 3 is 2.88 bits per heavy atom. The van der Waals surface area contributed by atoms with Crippen LogP contribution in [0, 0.1) is 11.6 Å². The van der Waals surface area contributed by atoms with Crippen LogP contribution < -0.4 is 10.5 Å². The van der Waals surface area contributed by atoms with Crippen LogP contribution in [0.25, 0.3) is 0 Å². The Balaban J connectivity index is 2.54. The first-order valence-electron chi connectivity index (χ1n) is 5.52. The summed E-state index contributed by atoms with van der Waals surface area (Å²) in [7, 11) is 0. The van der Waals surface area contributed by atoms with E-state index in [0.29, 0.717) is 19.4 Å². The highest BCUT2D eigenvalue weighted by Crippen LogP contribution is 2.33. The molecule has 17 heavy (non-hydrogen) atoms. The van der Waals surface area contributed by atoms with E-state index >= 15 is 0 Å². The Morgan fingerprint density at radius 2 is 2.18 bits per heavy atom. The largest absolute Gasteiger partial charge is 0.492 e. The van der Waals surface area contributed by atoms with Crippen LogP contribution in [0.15, 0.2) is 6.07 Å². The minimum atomic E-state index is -0.874. The van der Waals surface area contributed by atoms with Gasteiger partial charge in [0.15, 0.2) is 5.78 Å². The van der Waals surface area contributed by atoms with Gasteiger partial charge in [0.05, 0.1) is 12.2 Å². The van der Waals surface area contributed by atoms with Gasteiger partial charge in [0.2, 0.25) is 0 Å². The van der Waals surface area contributed by atoms with Gasteiger partial charge in [-0.2, -0.15) is 0 Å². The number of carbonyl (C=O) groups is 1. The van der Waals surface area contributed by atoms with E-state index in [1.165, 1.54) is 0 Å². The second kappa shape index (κ2) is 4.79. The van der Waals surface area contributed by atoms with E-state index in [1.807, 2.05) is 0 Å². The normalized spacial score (nSPS) is 14.1. The quantitative estimate of drug-likeness (QED) is 0.821. The van der Waals surface area contributed by atoms with Crippen molar-refractivity contribution in [2.75, 3.05) is 13.2 Å². The van der Waals surface area contributed by atoms with Gasteiger partial charge in [-0.05, 0) is 19.4 Å². The highest BCUT2D eigenvalue weighted by atomic mass is 19.1. The van der Waals surface area contributed by atoms with Crippen LogP contribution in [-0.4, -0.2) is 18.9 Å². The Bertz CT molecular complexity index is 460. The first-order valence-corrected chi connectivity index (χ1v) is 5.52. The van der Waals surface area contributed by atoms with E-state index in [9.17, 15) is 13.6 Å². The number of benzene rings is 1. The van der Waals surface area contributed by atoms with Gasteiger partial charge < -0.3 is 10.5 Å². The minimum Gasteiger partial charge on any atom is -0.492 e. The van der Waals surface area contributed by atoms with Gasteiger partial charge >= 0.3 is 0 Å². The van der Waals surface area contributed by atoms with E-state index in [0.717, 1.165) is 6.07 Å². The predicted octanol–water partition coefficient (Wildman–Crippen LogP) is 1.82. The molecule has 1 aromatic rings. The maximum atomic E-state index is 13.6. The summed E-state index contributed by atoms with van der Waals surface area (Å²) in [6.45, 7) is 0.503. The molecular weight excluding hydrogens is 228 g/mol. The zero-order valence-corrected chi connectivity index (χ0v) is 9.26. The van der Waals surface area contributed by atoms with Gasteiger partial charge in [0.25, 0.3) is 0 Å². The van der Waals surface area contributed by atoms with Gasteiger partial charge in [-0.15, -0.1) is 0 Å². The number of ether oxygens (including phenoxy) is 1. The highest BCUT2D eigenvalue weighted by Gasteiger charge is 2.26. The minimum absolute atomic E-state index is 0.0261. The molecule has 1 aliphatic rings. The van der Waals surface area contributed by atoms with Crippen molar-refractivity contribution in [3.63, 3.8) is 0 Å². The van der Waals surface area contributed by atoms with Crippen LogP contribution in [0.5, 0.6) is 5.75 Å². The molecular formula is C12H13F2NO2. The summed E-state index contributed by atoms with van der Waals surface area (Å²) in [5.41, 5.74) is 5.39. The van der Waals surface area contributed by atoms with Gasteiger partial charge in [0.1, 0.15) is 17.4 Å². The summed E-state index contributed by atoms with van der Waals surface area (Å²) >= 11 is 0. The Kier molecular flexibility index (Phi) is 3.38. The van der Waals surface area contributed by atoms with Crippen LogP contribution in [0.4, 0.5) is 8.78 Å². The Labute approximate surface area is 97.6 Å². The summed E-state index contributed by atoms with van der Waals surface area (Å²) in [4.78, 5) is 11.7. The summed E-state index contributed by atoms with van der Waals surface area (Å²) < 4.78 is 32.4. The zero-order chi connectivity index (χ0) is 12.4. The molecule has 2 rings (SSSR count).